The zero-order valence-electron chi connectivity index (χ0n) is 15.4. The minimum absolute atomic E-state index is 0.0459. The molecular weight excluding hydrogens is 352 g/mol. The predicted molar refractivity (Wildman–Crippen MR) is 95.3 cm³/mol. The van der Waals surface area contributed by atoms with Gasteiger partial charge in [0.1, 0.15) is 23.2 Å². The number of carboxylic acids is 1. The van der Waals surface area contributed by atoms with Crippen molar-refractivity contribution in [2.45, 2.75) is 51.7 Å². The van der Waals surface area contributed by atoms with E-state index in [1.807, 2.05) is 19.1 Å². The molecule has 2 aliphatic rings. The lowest BCUT2D eigenvalue weighted by atomic mass is 9.86. The van der Waals surface area contributed by atoms with E-state index in [2.05, 4.69) is 5.32 Å². The van der Waals surface area contributed by atoms with Crippen LogP contribution in [0.3, 0.4) is 0 Å². The lowest BCUT2D eigenvalue weighted by Crippen LogP contribution is -2.66. The Balaban J connectivity index is 2.34. The van der Waals surface area contributed by atoms with Gasteiger partial charge in [0.2, 0.25) is 5.91 Å². The Labute approximate surface area is 156 Å². The van der Waals surface area contributed by atoms with Gasteiger partial charge in [-0.3, -0.25) is 14.5 Å². The summed E-state index contributed by atoms with van der Waals surface area (Å²) in [6, 6.07) is -1.36. The van der Waals surface area contributed by atoms with Crippen LogP contribution in [0.15, 0.2) is 12.2 Å². The van der Waals surface area contributed by atoms with Crippen LogP contribution in [0.4, 0.5) is 0 Å². The standard InChI is InChI=1S/C19H22N2O6/c1-4-5-6-7-19-14-13(9(2)15(23)10(3)16(14)24)17(25)21(19)11(18(26)27)8-12(22)20-19/h4-5,11,23-24H,6-8H2,1-3H3,(H,20,22)(H,26,27)/b5-4+/t11-,19+/m0/s1. The van der Waals surface area contributed by atoms with Crippen LogP contribution in [0, 0.1) is 13.8 Å². The number of carbonyl (C=O) groups is 3. The molecule has 1 aromatic rings. The molecule has 0 spiro atoms. The van der Waals surface area contributed by atoms with Gasteiger partial charge in [0.05, 0.1) is 17.5 Å². The summed E-state index contributed by atoms with van der Waals surface area (Å²) in [7, 11) is 0. The number of nitrogens with zero attached hydrogens (tertiary/aromatic N) is 1. The average Bonchev–Trinajstić information content (AvgIpc) is 2.86. The minimum atomic E-state index is -1.47. The Morgan fingerprint density at radius 3 is 2.52 bits per heavy atom. The van der Waals surface area contributed by atoms with Crippen LogP contribution >= 0.6 is 0 Å². The van der Waals surface area contributed by atoms with Gasteiger partial charge in [-0.2, -0.15) is 0 Å². The van der Waals surface area contributed by atoms with Crippen molar-refractivity contribution in [3.63, 3.8) is 0 Å². The molecule has 0 bridgehead atoms. The lowest BCUT2D eigenvalue weighted by molar-refractivity contribution is -0.153. The monoisotopic (exact) mass is 374 g/mol. The number of aromatic hydroxyl groups is 2. The van der Waals surface area contributed by atoms with Gasteiger partial charge >= 0.3 is 5.97 Å². The summed E-state index contributed by atoms with van der Waals surface area (Å²) in [6.07, 6.45) is 3.92. The molecule has 1 fully saturated rings. The quantitative estimate of drug-likeness (QED) is 0.594. The highest BCUT2D eigenvalue weighted by Crippen LogP contribution is 2.52. The van der Waals surface area contributed by atoms with Crippen molar-refractivity contribution in [3.8, 4) is 11.5 Å². The smallest absolute Gasteiger partial charge is 0.327 e. The molecule has 0 radical (unpaired) electrons. The first-order valence-electron chi connectivity index (χ1n) is 8.71. The number of carbonyl (C=O) groups excluding carboxylic acids is 2. The molecule has 0 aromatic heterocycles. The maximum atomic E-state index is 13.2. The minimum Gasteiger partial charge on any atom is -0.507 e. The van der Waals surface area contributed by atoms with E-state index in [-0.39, 0.29) is 46.6 Å². The zero-order chi connectivity index (χ0) is 20.1. The van der Waals surface area contributed by atoms with Crippen LogP contribution in [-0.2, 0) is 15.3 Å². The number of benzene rings is 1. The number of hydrogen-bond acceptors (Lipinski definition) is 5. The number of amides is 2. The van der Waals surface area contributed by atoms with Crippen LogP contribution in [0.2, 0.25) is 0 Å². The molecule has 3 rings (SSSR count). The molecule has 2 heterocycles. The number of rotatable bonds is 4. The van der Waals surface area contributed by atoms with Crippen LogP contribution in [0.25, 0.3) is 0 Å². The maximum absolute atomic E-state index is 13.2. The fourth-order valence-corrected chi connectivity index (χ4v) is 4.13. The number of phenols is 2. The number of phenolic OH excluding ortho intramolecular Hbond substituents is 2. The van der Waals surface area contributed by atoms with Gasteiger partial charge < -0.3 is 20.6 Å². The third-order valence-corrected chi connectivity index (χ3v) is 5.42. The van der Waals surface area contributed by atoms with Crippen molar-refractivity contribution in [2.24, 2.45) is 0 Å². The van der Waals surface area contributed by atoms with E-state index in [0.29, 0.717) is 6.42 Å². The van der Waals surface area contributed by atoms with E-state index in [1.54, 1.807) is 0 Å². The number of nitrogens with one attached hydrogen (secondary N) is 1. The zero-order valence-corrected chi connectivity index (χ0v) is 15.4. The molecule has 2 amide bonds. The molecule has 2 aliphatic heterocycles. The first kappa shape index (κ1) is 18.8. The Hall–Kier alpha value is -3.03. The Morgan fingerprint density at radius 1 is 1.26 bits per heavy atom. The summed E-state index contributed by atoms with van der Waals surface area (Å²) in [5.41, 5.74) is -0.840. The van der Waals surface area contributed by atoms with Crippen molar-refractivity contribution >= 4 is 17.8 Å². The molecule has 1 aromatic carbocycles. The summed E-state index contributed by atoms with van der Waals surface area (Å²) in [5.74, 6) is -2.96. The highest BCUT2D eigenvalue weighted by molar-refractivity contribution is 6.07. The predicted octanol–water partition coefficient (Wildman–Crippen LogP) is 1.65. The molecule has 0 unspecified atom stereocenters. The van der Waals surface area contributed by atoms with Crippen molar-refractivity contribution in [1.82, 2.24) is 10.2 Å². The molecule has 144 valence electrons. The second-order valence-electron chi connectivity index (χ2n) is 6.95. The Morgan fingerprint density at radius 2 is 1.93 bits per heavy atom. The van der Waals surface area contributed by atoms with Crippen LogP contribution in [-0.4, -0.2) is 44.0 Å². The molecule has 27 heavy (non-hydrogen) atoms. The summed E-state index contributed by atoms with van der Waals surface area (Å²) in [5, 5.41) is 33.4. The van der Waals surface area contributed by atoms with Gasteiger partial charge in [-0.25, -0.2) is 4.79 Å². The summed E-state index contributed by atoms with van der Waals surface area (Å²) >= 11 is 0. The van der Waals surface area contributed by atoms with Crippen molar-refractivity contribution in [3.05, 3.63) is 34.4 Å². The molecule has 8 heteroatoms. The number of carboxylic acid groups (broad SMARTS) is 1. The molecular formula is C19H22N2O6. The maximum Gasteiger partial charge on any atom is 0.327 e. The second kappa shape index (κ2) is 6.29. The lowest BCUT2D eigenvalue weighted by Gasteiger charge is -2.46. The fourth-order valence-electron chi connectivity index (χ4n) is 4.13. The van der Waals surface area contributed by atoms with Gasteiger partial charge in [-0.05, 0) is 33.6 Å². The van der Waals surface area contributed by atoms with E-state index in [0.717, 1.165) is 4.90 Å². The van der Waals surface area contributed by atoms with Gasteiger partial charge in [-0.1, -0.05) is 12.2 Å². The summed E-state index contributed by atoms with van der Waals surface area (Å²) in [4.78, 5) is 38.5. The first-order valence-corrected chi connectivity index (χ1v) is 8.71. The number of aliphatic carboxylic acids is 1. The topological polar surface area (TPSA) is 127 Å². The van der Waals surface area contributed by atoms with E-state index < -0.39 is 29.5 Å². The average molecular weight is 374 g/mol. The van der Waals surface area contributed by atoms with E-state index in [9.17, 15) is 29.7 Å². The van der Waals surface area contributed by atoms with Crippen molar-refractivity contribution < 1.29 is 29.7 Å². The van der Waals surface area contributed by atoms with E-state index in [1.165, 1.54) is 13.8 Å². The van der Waals surface area contributed by atoms with Gasteiger partial charge in [-0.15, -0.1) is 0 Å². The number of allylic oxidation sites excluding steroid dienone is 2. The molecule has 2 atom stereocenters. The van der Waals surface area contributed by atoms with Gasteiger partial charge in [0.15, 0.2) is 0 Å². The summed E-state index contributed by atoms with van der Waals surface area (Å²) in [6.45, 7) is 4.87. The van der Waals surface area contributed by atoms with E-state index in [4.69, 9.17) is 0 Å². The molecule has 8 nitrogen and oxygen atoms in total. The van der Waals surface area contributed by atoms with E-state index >= 15 is 0 Å². The molecule has 1 saturated heterocycles. The normalized spacial score (nSPS) is 24.1. The highest BCUT2D eigenvalue weighted by atomic mass is 16.4. The largest absolute Gasteiger partial charge is 0.507 e. The third kappa shape index (κ3) is 2.47. The van der Waals surface area contributed by atoms with Gasteiger partial charge in [0, 0.05) is 11.1 Å². The van der Waals surface area contributed by atoms with Crippen LogP contribution in [0.1, 0.15) is 53.2 Å². The first-order chi connectivity index (χ1) is 12.7. The number of hydrogen-bond donors (Lipinski definition) is 4. The molecule has 4 N–H and O–H groups in total. The Kier molecular flexibility index (Phi) is 4.37. The van der Waals surface area contributed by atoms with Gasteiger partial charge in [0.25, 0.3) is 5.91 Å². The third-order valence-electron chi connectivity index (χ3n) is 5.42. The SMILES string of the molecule is C/C=C/CC[C@@]12NC(=O)C[C@@H](C(=O)O)N1C(=O)c1c(C)c(O)c(C)c(O)c12. The molecule has 0 aliphatic carbocycles. The highest BCUT2D eigenvalue weighted by Gasteiger charge is 2.59. The second-order valence-corrected chi connectivity index (χ2v) is 6.95. The van der Waals surface area contributed by atoms with Crippen molar-refractivity contribution in [2.75, 3.05) is 0 Å². The van der Waals surface area contributed by atoms with Crippen LogP contribution in [0.5, 0.6) is 11.5 Å². The number of fused-ring (bicyclic) bond motifs is 3. The Bertz CT molecular complexity index is 891. The summed E-state index contributed by atoms with van der Waals surface area (Å²) < 4.78 is 0. The van der Waals surface area contributed by atoms with Crippen molar-refractivity contribution in [1.29, 1.82) is 0 Å². The molecule has 0 saturated carbocycles. The van der Waals surface area contributed by atoms with Crippen LogP contribution < -0.4 is 5.32 Å². The fraction of sp³-hybridized carbons (Fsp3) is 0.421.